The molecule has 114 valence electrons. The van der Waals surface area contributed by atoms with Crippen molar-refractivity contribution in [3.63, 3.8) is 0 Å². The highest BCUT2D eigenvalue weighted by Crippen LogP contribution is 2.29. The zero-order valence-corrected chi connectivity index (χ0v) is 11.8. The number of hydrogen-bond donors (Lipinski definition) is 1. The second-order valence-corrected chi connectivity index (χ2v) is 4.77. The van der Waals surface area contributed by atoms with Gasteiger partial charge in [0, 0.05) is 10.6 Å². The van der Waals surface area contributed by atoms with Crippen molar-refractivity contribution in [2.45, 2.75) is 6.18 Å². The SMILES string of the molecule is O=C(N/N=C\c1cccc(C(F)(F)F)c1)c1ccc(Cl)cc1. The van der Waals surface area contributed by atoms with E-state index in [1.807, 2.05) is 0 Å². The van der Waals surface area contributed by atoms with E-state index < -0.39 is 17.6 Å². The van der Waals surface area contributed by atoms with Crippen LogP contribution in [0.5, 0.6) is 0 Å². The number of halogens is 4. The first-order valence-corrected chi connectivity index (χ1v) is 6.50. The summed E-state index contributed by atoms with van der Waals surface area (Å²) in [5.74, 6) is -0.486. The Bertz CT molecular complexity index is 697. The minimum Gasteiger partial charge on any atom is -0.267 e. The molecular formula is C15H10ClF3N2O. The Morgan fingerprint density at radius 1 is 1.14 bits per heavy atom. The van der Waals surface area contributed by atoms with E-state index in [1.54, 1.807) is 12.1 Å². The van der Waals surface area contributed by atoms with Crippen LogP contribution in [-0.2, 0) is 6.18 Å². The predicted octanol–water partition coefficient (Wildman–Crippen LogP) is 4.12. The number of benzene rings is 2. The maximum Gasteiger partial charge on any atom is 0.416 e. The first-order valence-electron chi connectivity index (χ1n) is 6.12. The van der Waals surface area contributed by atoms with Crippen molar-refractivity contribution in [3.8, 4) is 0 Å². The molecule has 2 aromatic rings. The molecular weight excluding hydrogens is 317 g/mol. The van der Waals surface area contributed by atoms with E-state index in [1.165, 1.54) is 24.3 Å². The average Bonchev–Trinajstić information content (AvgIpc) is 2.47. The summed E-state index contributed by atoms with van der Waals surface area (Å²) in [4.78, 5) is 11.7. The number of carbonyl (C=O) groups is 1. The highest BCUT2D eigenvalue weighted by Gasteiger charge is 2.30. The summed E-state index contributed by atoms with van der Waals surface area (Å²) >= 11 is 5.70. The molecule has 0 aliphatic rings. The number of hydrogen-bond acceptors (Lipinski definition) is 2. The first-order chi connectivity index (χ1) is 10.4. The lowest BCUT2D eigenvalue weighted by Gasteiger charge is -2.06. The van der Waals surface area contributed by atoms with E-state index >= 15 is 0 Å². The number of nitrogens with zero attached hydrogens (tertiary/aromatic N) is 1. The van der Waals surface area contributed by atoms with Gasteiger partial charge in [-0.3, -0.25) is 4.79 Å². The van der Waals surface area contributed by atoms with Crippen LogP contribution in [0.25, 0.3) is 0 Å². The molecule has 0 fully saturated rings. The minimum atomic E-state index is -4.42. The van der Waals surface area contributed by atoms with E-state index in [0.29, 0.717) is 10.6 Å². The summed E-state index contributed by atoms with van der Waals surface area (Å²) in [6, 6.07) is 10.7. The molecule has 0 saturated carbocycles. The van der Waals surface area contributed by atoms with Gasteiger partial charge in [-0.15, -0.1) is 0 Å². The van der Waals surface area contributed by atoms with Crippen molar-refractivity contribution in [1.29, 1.82) is 0 Å². The van der Waals surface area contributed by atoms with Crippen molar-refractivity contribution in [2.75, 3.05) is 0 Å². The Morgan fingerprint density at radius 3 is 2.45 bits per heavy atom. The molecule has 0 spiro atoms. The highest BCUT2D eigenvalue weighted by molar-refractivity contribution is 6.30. The maximum atomic E-state index is 12.5. The molecule has 0 heterocycles. The van der Waals surface area contributed by atoms with Gasteiger partial charge in [-0.05, 0) is 42.0 Å². The van der Waals surface area contributed by atoms with Crippen LogP contribution >= 0.6 is 11.6 Å². The van der Waals surface area contributed by atoms with Crippen LogP contribution in [0.3, 0.4) is 0 Å². The van der Waals surface area contributed by atoms with Crippen LogP contribution in [0.15, 0.2) is 53.6 Å². The summed E-state index contributed by atoms with van der Waals surface area (Å²) in [7, 11) is 0. The Labute approximate surface area is 129 Å². The molecule has 0 atom stereocenters. The Hall–Kier alpha value is -2.34. The monoisotopic (exact) mass is 326 g/mol. The largest absolute Gasteiger partial charge is 0.416 e. The Morgan fingerprint density at radius 2 is 1.82 bits per heavy atom. The lowest BCUT2D eigenvalue weighted by Crippen LogP contribution is -2.17. The van der Waals surface area contributed by atoms with Gasteiger partial charge in [0.05, 0.1) is 11.8 Å². The Balaban J connectivity index is 2.03. The van der Waals surface area contributed by atoms with Crippen LogP contribution in [0, 0.1) is 0 Å². The summed E-state index contributed by atoms with van der Waals surface area (Å²) < 4.78 is 37.6. The average molecular weight is 327 g/mol. The molecule has 0 saturated heterocycles. The van der Waals surface area contributed by atoms with Crippen LogP contribution in [0.2, 0.25) is 5.02 Å². The first kappa shape index (κ1) is 16.0. The highest BCUT2D eigenvalue weighted by atomic mass is 35.5. The lowest BCUT2D eigenvalue weighted by molar-refractivity contribution is -0.137. The lowest BCUT2D eigenvalue weighted by atomic mass is 10.1. The number of amides is 1. The predicted molar refractivity (Wildman–Crippen MR) is 78.0 cm³/mol. The maximum absolute atomic E-state index is 12.5. The van der Waals surface area contributed by atoms with Crippen LogP contribution in [0.4, 0.5) is 13.2 Å². The van der Waals surface area contributed by atoms with Gasteiger partial charge >= 0.3 is 6.18 Å². The zero-order valence-electron chi connectivity index (χ0n) is 11.1. The van der Waals surface area contributed by atoms with Gasteiger partial charge in [0.15, 0.2) is 0 Å². The van der Waals surface area contributed by atoms with E-state index in [2.05, 4.69) is 10.5 Å². The van der Waals surface area contributed by atoms with Gasteiger partial charge in [-0.2, -0.15) is 18.3 Å². The van der Waals surface area contributed by atoms with E-state index in [-0.39, 0.29) is 5.56 Å². The van der Waals surface area contributed by atoms with Crippen LogP contribution in [0.1, 0.15) is 21.5 Å². The third-order valence-corrected chi connectivity index (χ3v) is 2.95. The van der Waals surface area contributed by atoms with Gasteiger partial charge in [-0.1, -0.05) is 23.7 Å². The van der Waals surface area contributed by atoms with Crippen molar-refractivity contribution in [2.24, 2.45) is 5.10 Å². The molecule has 2 rings (SSSR count). The van der Waals surface area contributed by atoms with Gasteiger partial charge in [0.1, 0.15) is 0 Å². The molecule has 0 aliphatic carbocycles. The minimum absolute atomic E-state index is 0.228. The van der Waals surface area contributed by atoms with Gasteiger partial charge < -0.3 is 0 Å². The van der Waals surface area contributed by atoms with Gasteiger partial charge in [0.2, 0.25) is 0 Å². The van der Waals surface area contributed by atoms with Crippen LogP contribution in [-0.4, -0.2) is 12.1 Å². The van der Waals surface area contributed by atoms with E-state index in [9.17, 15) is 18.0 Å². The molecule has 3 nitrogen and oxygen atoms in total. The van der Waals surface area contributed by atoms with E-state index in [4.69, 9.17) is 11.6 Å². The molecule has 2 aromatic carbocycles. The van der Waals surface area contributed by atoms with Crippen LogP contribution < -0.4 is 5.43 Å². The third-order valence-electron chi connectivity index (χ3n) is 2.70. The fourth-order valence-corrected chi connectivity index (χ4v) is 1.75. The number of carbonyl (C=O) groups excluding carboxylic acids is 1. The summed E-state index contributed by atoms with van der Waals surface area (Å²) in [5.41, 5.74) is 2.02. The zero-order chi connectivity index (χ0) is 16.2. The second-order valence-electron chi connectivity index (χ2n) is 4.33. The Kier molecular flexibility index (Phi) is 4.82. The quantitative estimate of drug-likeness (QED) is 0.669. The molecule has 0 aromatic heterocycles. The molecule has 7 heteroatoms. The molecule has 0 bridgehead atoms. The number of hydrazone groups is 1. The summed E-state index contributed by atoms with van der Waals surface area (Å²) in [6.07, 6.45) is -3.28. The fraction of sp³-hybridized carbons (Fsp3) is 0.0667. The molecule has 0 unspecified atom stereocenters. The summed E-state index contributed by atoms with van der Waals surface area (Å²) in [6.45, 7) is 0. The molecule has 1 amide bonds. The van der Waals surface area contributed by atoms with Crippen molar-refractivity contribution in [3.05, 3.63) is 70.2 Å². The molecule has 0 aliphatic heterocycles. The third kappa shape index (κ3) is 4.33. The van der Waals surface area contributed by atoms with Gasteiger partial charge in [-0.25, -0.2) is 5.43 Å². The standard InChI is InChI=1S/C15H10ClF3N2O/c16-13-6-4-11(5-7-13)14(22)21-20-9-10-2-1-3-12(8-10)15(17,18)19/h1-9H,(H,21,22)/b20-9-. The van der Waals surface area contributed by atoms with Gasteiger partial charge in [0.25, 0.3) is 5.91 Å². The van der Waals surface area contributed by atoms with E-state index in [0.717, 1.165) is 18.3 Å². The van der Waals surface area contributed by atoms with Crippen molar-refractivity contribution < 1.29 is 18.0 Å². The number of nitrogens with one attached hydrogen (secondary N) is 1. The normalized spacial score (nSPS) is 11.6. The smallest absolute Gasteiger partial charge is 0.267 e. The molecule has 0 radical (unpaired) electrons. The fourth-order valence-electron chi connectivity index (χ4n) is 1.63. The topological polar surface area (TPSA) is 41.5 Å². The second kappa shape index (κ2) is 6.62. The van der Waals surface area contributed by atoms with Crippen molar-refractivity contribution >= 4 is 23.7 Å². The number of alkyl halides is 3. The summed E-state index contributed by atoms with van der Waals surface area (Å²) in [5, 5.41) is 4.13. The molecule has 22 heavy (non-hydrogen) atoms. The molecule has 1 N–H and O–H groups in total. The number of rotatable bonds is 3. The van der Waals surface area contributed by atoms with Crippen molar-refractivity contribution in [1.82, 2.24) is 5.43 Å².